The molecule has 3 heterocycles. The maximum Gasteiger partial charge on any atom is 0.0641 e. The van der Waals surface area contributed by atoms with Gasteiger partial charge in [0.25, 0.3) is 0 Å². The molecule has 0 aliphatic heterocycles. The van der Waals surface area contributed by atoms with Crippen molar-refractivity contribution < 1.29 is 0 Å². The molecule has 0 N–H and O–H groups in total. The van der Waals surface area contributed by atoms with Crippen LogP contribution in [-0.2, 0) is 10.8 Å². The predicted octanol–water partition coefficient (Wildman–Crippen LogP) is 15.6. The molecule has 0 unspecified atom stereocenters. The number of hydrogen-bond acceptors (Lipinski definition) is 0. The van der Waals surface area contributed by atoms with Gasteiger partial charge in [0.1, 0.15) is 0 Å². The molecule has 0 fully saturated rings. The monoisotopic (exact) mass is 805 g/mol. The van der Waals surface area contributed by atoms with Crippen molar-refractivity contribution in [1.82, 2.24) is 13.7 Å². The van der Waals surface area contributed by atoms with E-state index < -0.39 is 0 Å². The van der Waals surface area contributed by atoms with Gasteiger partial charge in [-0.25, -0.2) is 0 Å². The van der Waals surface area contributed by atoms with Crippen LogP contribution in [0, 0.1) is 0 Å². The van der Waals surface area contributed by atoms with Gasteiger partial charge in [0, 0.05) is 60.2 Å². The Morgan fingerprint density at radius 3 is 1.19 bits per heavy atom. The van der Waals surface area contributed by atoms with Crippen LogP contribution in [0.1, 0.15) is 49.9 Å². The molecule has 0 atom stereocenters. The summed E-state index contributed by atoms with van der Waals surface area (Å²) >= 11 is 0. The van der Waals surface area contributed by atoms with E-state index in [4.69, 9.17) is 0 Å². The lowest BCUT2D eigenvalue weighted by Crippen LogP contribution is -2.15. The molecule has 0 saturated heterocycles. The van der Waals surface area contributed by atoms with Gasteiger partial charge in [-0.2, -0.15) is 0 Å². The van der Waals surface area contributed by atoms with E-state index in [1.807, 2.05) is 0 Å². The molecule has 298 valence electrons. The standard InChI is InChI=1S/C60H43N3/c1-59(2)47-22-12-8-18-39(47)41-28-26-37(34-49(41)59)61-51-24-14-10-20-45(51)55-53(61)32-30-43-44-31-33-54-56(58(44)63(57(43)55)36-16-6-5-7-17-36)46-21-11-15-25-52(46)62(54)38-27-29-42-40-19-9-13-23-48(40)60(3,4)50(42)35-38/h5-35H,1-4H3. The molecule has 0 amide bonds. The fraction of sp³-hybridized carbons (Fsp3) is 0.100. The van der Waals surface area contributed by atoms with Crippen molar-refractivity contribution in [2.75, 3.05) is 0 Å². The van der Waals surface area contributed by atoms with E-state index in [0.717, 1.165) is 5.69 Å². The number of aromatic nitrogens is 3. The first-order valence-corrected chi connectivity index (χ1v) is 22.3. The highest BCUT2D eigenvalue weighted by atomic mass is 15.0. The fourth-order valence-electron chi connectivity index (χ4n) is 12.1. The summed E-state index contributed by atoms with van der Waals surface area (Å²) in [5.41, 5.74) is 21.5. The maximum absolute atomic E-state index is 2.58. The molecule has 14 rings (SSSR count). The minimum Gasteiger partial charge on any atom is -0.309 e. The number of para-hydroxylation sites is 3. The first-order chi connectivity index (χ1) is 30.8. The average molecular weight is 806 g/mol. The molecular formula is C60H43N3. The zero-order chi connectivity index (χ0) is 41.9. The normalized spacial score (nSPS) is 14.6. The van der Waals surface area contributed by atoms with Crippen molar-refractivity contribution in [3.8, 4) is 39.3 Å². The van der Waals surface area contributed by atoms with Crippen molar-refractivity contribution in [2.45, 2.75) is 38.5 Å². The van der Waals surface area contributed by atoms with Gasteiger partial charge in [-0.05, 0) is 105 Å². The summed E-state index contributed by atoms with van der Waals surface area (Å²) in [4.78, 5) is 0. The van der Waals surface area contributed by atoms with Gasteiger partial charge in [-0.1, -0.05) is 155 Å². The Morgan fingerprint density at radius 1 is 0.286 bits per heavy atom. The highest BCUT2D eigenvalue weighted by Gasteiger charge is 2.37. The summed E-state index contributed by atoms with van der Waals surface area (Å²) in [6, 6.07) is 70.7. The SMILES string of the molecule is CC1(C)c2ccccc2-c2ccc(-n3c4ccccc4c4c3ccc3c5ccc6c(c7ccccc7n6-c6ccc7c(c6)C(C)(C)c6ccccc6-7)c5n(-c5ccccc5)c34)cc21. The van der Waals surface area contributed by atoms with Crippen molar-refractivity contribution in [2.24, 2.45) is 0 Å². The van der Waals surface area contributed by atoms with Crippen LogP contribution in [0.3, 0.4) is 0 Å². The number of rotatable bonds is 3. The minimum absolute atomic E-state index is 0.0980. The molecule has 0 spiro atoms. The van der Waals surface area contributed by atoms with Crippen LogP contribution in [0.15, 0.2) is 188 Å². The molecule has 0 saturated carbocycles. The molecule has 2 aliphatic rings. The highest BCUT2D eigenvalue weighted by Crippen LogP contribution is 2.52. The smallest absolute Gasteiger partial charge is 0.0641 e. The summed E-state index contributed by atoms with van der Waals surface area (Å²) in [5, 5.41) is 7.55. The third-order valence-electron chi connectivity index (χ3n) is 15.0. The van der Waals surface area contributed by atoms with Crippen molar-refractivity contribution in [3.63, 3.8) is 0 Å². The van der Waals surface area contributed by atoms with Crippen LogP contribution >= 0.6 is 0 Å². The molecule has 3 nitrogen and oxygen atoms in total. The zero-order valence-electron chi connectivity index (χ0n) is 35.7. The lowest BCUT2D eigenvalue weighted by molar-refractivity contribution is 0.660. The predicted molar refractivity (Wildman–Crippen MR) is 265 cm³/mol. The summed E-state index contributed by atoms with van der Waals surface area (Å²) in [6.45, 7) is 9.49. The van der Waals surface area contributed by atoms with Crippen LogP contribution in [-0.4, -0.2) is 13.7 Å². The summed E-state index contributed by atoms with van der Waals surface area (Å²) in [7, 11) is 0. The van der Waals surface area contributed by atoms with Gasteiger partial charge < -0.3 is 13.7 Å². The van der Waals surface area contributed by atoms with E-state index in [-0.39, 0.29) is 10.8 Å². The minimum atomic E-state index is -0.0980. The van der Waals surface area contributed by atoms with Gasteiger partial charge in [-0.15, -0.1) is 0 Å². The van der Waals surface area contributed by atoms with Crippen LogP contribution in [0.25, 0.3) is 105 Å². The third kappa shape index (κ3) is 4.39. The zero-order valence-corrected chi connectivity index (χ0v) is 35.7. The number of fused-ring (bicyclic) bond motifs is 17. The molecule has 2 aliphatic carbocycles. The Kier molecular flexibility index (Phi) is 6.70. The van der Waals surface area contributed by atoms with E-state index in [2.05, 4.69) is 229 Å². The molecular weight excluding hydrogens is 763 g/mol. The number of nitrogens with zero attached hydrogens (tertiary/aromatic N) is 3. The topological polar surface area (TPSA) is 14.8 Å². The molecule has 63 heavy (non-hydrogen) atoms. The lowest BCUT2D eigenvalue weighted by Gasteiger charge is -2.22. The van der Waals surface area contributed by atoms with E-state index >= 15 is 0 Å². The molecule has 3 heteroatoms. The van der Waals surface area contributed by atoms with Gasteiger partial charge in [0.15, 0.2) is 0 Å². The summed E-state index contributed by atoms with van der Waals surface area (Å²) < 4.78 is 7.59. The van der Waals surface area contributed by atoms with Crippen molar-refractivity contribution in [3.05, 3.63) is 210 Å². The van der Waals surface area contributed by atoms with Crippen molar-refractivity contribution >= 4 is 65.4 Å². The Balaban J connectivity index is 1.09. The van der Waals surface area contributed by atoms with E-state index in [9.17, 15) is 0 Å². The fourth-order valence-corrected chi connectivity index (χ4v) is 12.1. The van der Waals surface area contributed by atoms with E-state index in [1.54, 1.807) is 0 Å². The van der Waals surface area contributed by atoms with E-state index in [1.165, 1.54) is 121 Å². The van der Waals surface area contributed by atoms with Crippen LogP contribution in [0.4, 0.5) is 0 Å². The Hall–Kier alpha value is -7.62. The van der Waals surface area contributed by atoms with Crippen LogP contribution in [0.2, 0.25) is 0 Å². The Morgan fingerprint density at radius 2 is 0.698 bits per heavy atom. The number of hydrogen-bond donors (Lipinski definition) is 0. The van der Waals surface area contributed by atoms with E-state index in [0.29, 0.717) is 0 Å². The molecule has 3 aromatic heterocycles. The quantitative estimate of drug-likeness (QED) is 0.169. The summed E-state index contributed by atoms with van der Waals surface area (Å²) in [6.07, 6.45) is 0. The van der Waals surface area contributed by atoms with Gasteiger partial charge in [-0.3, -0.25) is 0 Å². The van der Waals surface area contributed by atoms with Crippen LogP contribution < -0.4 is 0 Å². The van der Waals surface area contributed by atoms with Gasteiger partial charge >= 0.3 is 0 Å². The first-order valence-electron chi connectivity index (χ1n) is 22.3. The van der Waals surface area contributed by atoms with Crippen LogP contribution in [0.5, 0.6) is 0 Å². The number of benzene rings is 9. The average Bonchev–Trinajstić information content (AvgIpc) is 4.07. The molecule has 0 bridgehead atoms. The highest BCUT2D eigenvalue weighted by molar-refractivity contribution is 6.31. The largest absolute Gasteiger partial charge is 0.309 e. The Labute approximate surface area is 365 Å². The second kappa shape index (κ2) is 12.1. The van der Waals surface area contributed by atoms with Gasteiger partial charge in [0.05, 0.1) is 33.1 Å². The maximum atomic E-state index is 2.58. The second-order valence-electron chi connectivity index (χ2n) is 18.9. The molecule has 12 aromatic rings. The Bertz CT molecular complexity index is 3720. The first kappa shape index (κ1) is 35.0. The third-order valence-corrected chi connectivity index (χ3v) is 15.0. The van der Waals surface area contributed by atoms with Crippen molar-refractivity contribution in [1.29, 1.82) is 0 Å². The summed E-state index contributed by atoms with van der Waals surface area (Å²) in [5.74, 6) is 0. The molecule has 9 aromatic carbocycles. The second-order valence-corrected chi connectivity index (χ2v) is 18.9. The lowest BCUT2D eigenvalue weighted by atomic mass is 9.82. The van der Waals surface area contributed by atoms with Gasteiger partial charge in [0.2, 0.25) is 0 Å². The molecule has 0 radical (unpaired) electrons.